The number of rotatable bonds is 4. The van der Waals surface area contributed by atoms with Crippen LogP contribution in [0.1, 0.15) is 42.7 Å². The molecule has 98 valence electrons. The van der Waals surface area contributed by atoms with E-state index in [1.165, 1.54) is 11.1 Å². The van der Waals surface area contributed by atoms with E-state index in [-0.39, 0.29) is 6.10 Å². The molecule has 0 amide bonds. The molecule has 1 aromatic carbocycles. The number of hydrogen-bond donors (Lipinski definition) is 2. The van der Waals surface area contributed by atoms with Crippen LogP contribution in [0.25, 0.3) is 0 Å². The van der Waals surface area contributed by atoms with Crippen molar-refractivity contribution in [1.82, 2.24) is 0 Å². The Morgan fingerprint density at radius 3 is 2.61 bits per heavy atom. The van der Waals surface area contributed by atoms with Crippen LogP contribution in [0.3, 0.4) is 0 Å². The lowest BCUT2D eigenvalue weighted by Crippen LogP contribution is -2.23. The summed E-state index contributed by atoms with van der Waals surface area (Å²) in [5.41, 5.74) is 9.39. The minimum atomic E-state index is 0.239. The lowest BCUT2D eigenvalue weighted by atomic mass is 9.82. The first-order valence-electron chi connectivity index (χ1n) is 6.59. The summed E-state index contributed by atoms with van der Waals surface area (Å²) < 4.78 is 0. The van der Waals surface area contributed by atoms with Gasteiger partial charge in [0, 0.05) is 5.69 Å². The lowest BCUT2D eigenvalue weighted by molar-refractivity contribution is 0.0240. The molecule has 18 heavy (non-hydrogen) atoms. The minimum Gasteiger partial charge on any atom is -0.398 e. The molecular weight excluding hydrogens is 224 g/mol. The van der Waals surface area contributed by atoms with Crippen LogP contribution >= 0.6 is 0 Å². The maximum Gasteiger partial charge on any atom is 0.0787 e. The highest BCUT2D eigenvalue weighted by molar-refractivity contribution is 5.50. The summed E-state index contributed by atoms with van der Waals surface area (Å²) in [5.74, 6) is 5.85. The quantitative estimate of drug-likeness (QED) is 0.488. The molecule has 3 nitrogen and oxygen atoms in total. The molecule has 0 bridgehead atoms. The Labute approximate surface area is 109 Å². The first kappa shape index (κ1) is 13.1. The average molecular weight is 246 g/mol. The third-order valence-electron chi connectivity index (χ3n) is 3.87. The van der Waals surface area contributed by atoms with Crippen LogP contribution < -0.4 is 11.6 Å². The smallest absolute Gasteiger partial charge is 0.0787 e. The van der Waals surface area contributed by atoms with Gasteiger partial charge in [-0.25, -0.2) is 5.90 Å². The Morgan fingerprint density at radius 2 is 2.00 bits per heavy atom. The van der Waals surface area contributed by atoms with Crippen molar-refractivity contribution in [2.75, 3.05) is 5.73 Å². The topological polar surface area (TPSA) is 61.3 Å². The van der Waals surface area contributed by atoms with Gasteiger partial charge in [0.2, 0.25) is 0 Å². The highest BCUT2D eigenvalue weighted by Gasteiger charge is 2.22. The molecule has 0 radical (unpaired) electrons. The van der Waals surface area contributed by atoms with E-state index in [0.717, 1.165) is 37.8 Å². The zero-order chi connectivity index (χ0) is 13.0. The van der Waals surface area contributed by atoms with E-state index in [0.29, 0.717) is 5.92 Å². The van der Waals surface area contributed by atoms with Crippen molar-refractivity contribution < 1.29 is 4.84 Å². The molecule has 0 aromatic heterocycles. The summed E-state index contributed by atoms with van der Waals surface area (Å²) in [6.45, 7) is 3.77. The predicted molar refractivity (Wildman–Crippen MR) is 75.0 cm³/mol. The highest BCUT2D eigenvalue weighted by Crippen LogP contribution is 2.34. The molecule has 2 rings (SSSR count). The number of benzene rings is 1. The summed E-state index contributed by atoms with van der Waals surface area (Å²) in [6.07, 6.45) is 7.33. The summed E-state index contributed by atoms with van der Waals surface area (Å²) >= 11 is 0. The molecule has 1 aromatic rings. The monoisotopic (exact) mass is 246 g/mol. The number of anilines is 1. The first-order valence-corrected chi connectivity index (χ1v) is 6.59. The third kappa shape index (κ3) is 2.92. The van der Waals surface area contributed by atoms with Crippen molar-refractivity contribution >= 4 is 5.69 Å². The average Bonchev–Trinajstić information content (AvgIpc) is 2.42. The van der Waals surface area contributed by atoms with Crippen molar-refractivity contribution in [2.24, 2.45) is 5.90 Å². The van der Waals surface area contributed by atoms with Gasteiger partial charge in [0.25, 0.3) is 0 Å². The van der Waals surface area contributed by atoms with E-state index >= 15 is 0 Å². The standard InChI is InChI=1S/C15H22N2O/c1-2-3-13-10-12(6-9-15(13)16)11-4-7-14(18-17)8-5-11/h2,6,9-11,14H,1,3-5,7-8,16-17H2. The first-order chi connectivity index (χ1) is 8.74. The second-order valence-electron chi connectivity index (χ2n) is 5.06. The number of nitrogens with two attached hydrogens (primary N) is 2. The Hall–Kier alpha value is -1.32. The number of nitrogen functional groups attached to an aromatic ring is 1. The zero-order valence-electron chi connectivity index (χ0n) is 10.8. The molecule has 0 unspecified atom stereocenters. The predicted octanol–water partition coefficient (Wildman–Crippen LogP) is 2.91. The molecule has 0 spiro atoms. The normalized spacial score (nSPS) is 23.8. The molecule has 4 N–H and O–H groups in total. The van der Waals surface area contributed by atoms with Crippen LogP contribution in [0.2, 0.25) is 0 Å². The van der Waals surface area contributed by atoms with Crippen LogP contribution in [0.4, 0.5) is 5.69 Å². The van der Waals surface area contributed by atoms with Gasteiger partial charge in [-0.05, 0) is 55.2 Å². The molecule has 3 heteroatoms. The molecule has 0 aliphatic heterocycles. The van der Waals surface area contributed by atoms with Crippen molar-refractivity contribution in [1.29, 1.82) is 0 Å². The van der Waals surface area contributed by atoms with E-state index in [9.17, 15) is 0 Å². The van der Waals surface area contributed by atoms with Crippen LogP contribution in [0, 0.1) is 0 Å². The molecule has 0 atom stereocenters. The summed E-state index contributed by atoms with van der Waals surface area (Å²) in [5, 5.41) is 0. The maximum absolute atomic E-state index is 5.96. The van der Waals surface area contributed by atoms with Gasteiger partial charge in [0.1, 0.15) is 0 Å². The van der Waals surface area contributed by atoms with Gasteiger partial charge in [-0.15, -0.1) is 6.58 Å². The highest BCUT2D eigenvalue weighted by atomic mass is 16.6. The van der Waals surface area contributed by atoms with Crippen LogP contribution in [0.5, 0.6) is 0 Å². The second-order valence-corrected chi connectivity index (χ2v) is 5.06. The van der Waals surface area contributed by atoms with Crippen molar-refractivity contribution in [2.45, 2.75) is 44.1 Å². The van der Waals surface area contributed by atoms with E-state index in [2.05, 4.69) is 18.7 Å². The molecule has 1 saturated carbocycles. The van der Waals surface area contributed by atoms with Crippen molar-refractivity contribution in [3.05, 3.63) is 42.0 Å². The molecule has 1 aliphatic carbocycles. The number of allylic oxidation sites excluding steroid dienone is 1. The third-order valence-corrected chi connectivity index (χ3v) is 3.87. The van der Waals surface area contributed by atoms with Crippen molar-refractivity contribution in [3.8, 4) is 0 Å². The van der Waals surface area contributed by atoms with Crippen LogP contribution in [-0.2, 0) is 11.3 Å². The van der Waals surface area contributed by atoms with E-state index < -0.39 is 0 Å². The summed E-state index contributed by atoms with van der Waals surface area (Å²) in [4.78, 5) is 4.92. The van der Waals surface area contributed by atoms with E-state index in [1.54, 1.807) is 0 Å². The Balaban J connectivity index is 2.09. The van der Waals surface area contributed by atoms with Gasteiger partial charge < -0.3 is 10.6 Å². The molecule has 0 saturated heterocycles. The van der Waals surface area contributed by atoms with Gasteiger partial charge >= 0.3 is 0 Å². The van der Waals surface area contributed by atoms with E-state index in [1.807, 2.05) is 12.1 Å². The lowest BCUT2D eigenvalue weighted by Gasteiger charge is -2.27. The van der Waals surface area contributed by atoms with Gasteiger partial charge in [-0.3, -0.25) is 0 Å². The van der Waals surface area contributed by atoms with Gasteiger partial charge in [0.15, 0.2) is 0 Å². The van der Waals surface area contributed by atoms with Crippen LogP contribution in [0.15, 0.2) is 30.9 Å². The summed E-state index contributed by atoms with van der Waals surface area (Å²) in [7, 11) is 0. The van der Waals surface area contributed by atoms with Gasteiger partial charge in [-0.2, -0.15) is 0 Å². The SMILES string of the molecule is C=CCc1cc(C2CCC(ON)CC2)ccc1N. The Bertz CT molecular complexity index is 409. The molecular formula is C15H22N2O. The Morgan fingerprint density at radius 1 is 1.28 bits per heavy atom. The van der Waals surface area contributed by atoms with Gasteiger partial charge in [-0.1, -0.05) is 18.2 Å². The van der Waals surface area contributed by atoms with Gasteiger partial charge in [0.05, 0.1) is 6.10 Å². The maximum atomic E-state index is 5.96. The Kier molecular flexibility index (Phi) is 4.39. The largest absolute Gasteiger partial charge is 0.398 e. The fourth-order valence-electron chi connectivity index (χ4n) is 2.74. The molecule has 1 fully saturated rings. The van der Waals surface area contributed by atoms with Crippen LogP contribution in [-0.4, -0.2) is 6.10 Å². The summed E-state index contributed by atoms with van der Waals surface area (Å²) in [6, 6.07) is 6.39. The minimum absolute atomic E-state index is 0.239. The zero-order valence-corrected chi connectivity index (χ0v) is 10.8. The number of hydrogen-bond acceptors (Lipinski definition) is 3. The van der Waals surface area contributed by atoms with Crippen molar-refractivity contribution in [3.63, 3.8) is 0 Å². The second kappa shape index (κ2) is 6.03. The fraction of sp³-hybridized carbons (Fsp3) is 0.467. The fourth-order valence-corrected chi connectivity index (χ4v) is 2.74. The molecule has 0 heterocycles. The molecule has 1 aliphatic rings. The van der Waals surface area contributed by atoms with E-state index in [4.69, 9.17) is 16.5 Å².